The number of thiazole rings is 1. The van der Waals surface area contributed by atoms with E-state index in [1.165, 1.54) is 0 Å². The first kappa shape index (κ1) is 14.4. The Morgan fingerprint density at radius 3 is 2.83 bits per heavy atom. The van der Waals surface area contributed by atoms with Crippen LogP contribution in [0.15, 0.2) is 42.0 Å². The summed E-state index contributed by atoms with van der Waals surface area (Å²) in [6.07, 6.45) is 6.62. The van der Waals surface area contributed by atoms with Gasteiger partial charge in [0.25, 0.3) is 0 Å². The third-order valence-corrected chi connectivity index (χ3v) is 5.16. The second-order valence-corrected chi connectivity index (χ2v) is 6.93. The number of benzene rings is 1. The molecule has 0 saturated heterocycles. The number of rotatable bonds is 3. The van der Waals surface area contributed by atoms with Crippen LogP contribution in [0.25, 0.3) is 16.2 Å². The number of nitrogens with zero attached hydrogens (tertiary/aromatic N) is 2. The van der Waals surface area contributed by atoms with Crippen molar-refractivity contribution >= 4 is 27.9 Å². The summed E-state index contributed by atoms with van der Waals surface area (Å²) in [6, 6.07) is 8.00. The van der Waals surface area contributed by atoms with Crippen molar-refractivity contribution in [1.82, 2.24) is 9.38 Å². The van der Waals surface area contributed by atoms with Crippen molar-refractivity contribution in [3.63, 3.8) is 0 Å². The minimum Gasteiger partial charge on any atom is -0.328 e. The molecule has 0 radical (unpaired) electrons. The summed E-state index contributed by atoms with van der Waals surface area (Å²) in [5.41, 5.74) is 8.68. The van der Waals surface area contributed by atoms with E-state index in [9.17, 15) is 4.79 Å². The van der Waals surface area contributed by atoms with Crippen LogP contribution < -0.4 is 11.1 Å². The molecule has 3 N–H and O–H groups in total. The van der Waals surface area contributed by atoms with Crippen LogP contribution >= 0.6 is 11.3 Å². The Morgan fingerprint density at radius 2 is 2.13 bits per heavy atom. The van der Waals surface area contributed by atoms with Crippen molar-refractivity contribution in [2.45, 2.75) is 25.3 Å². The Kier molecular flexibility index (Phi) is 3.63. The van der Waals surface area contributed by atoms with Crippen molar-refractivity contribution in [3.8, 4) is 11.3 Å². The molecular weight excluding hydrogens is 308 g/mol. The Morgan fingerprint density at radius 1 is 1.30 bits per heavy atom. The monoisotopic (exact) mass is 326 g/mol. The van der Waals surface area contributed by atoms with Crippen LogP contribution in [0.1, 0.15) is 19.3 Å². The molecule has 1 saturated carbocycles. The first-order valence-corrected chi connectivity index (χ1v) is 8.66. The predicted octanol–water partition coefficient (Wildman–Crippen LogP) is 3.13. The summed E-state index contributed by atoms with van der Waals surface area (Å²) in [5.74, 6) is 0.123. The first-order valence-electron chi connectivity index (χ1n) is 7.78. The molecule has 2 aromatic heterocycles. The van der Waals surface area contributed by atoms with E-state index >= 15 is 0 Å². The third-order valence-electron chi connectivity index (χ3n) is 4.39. The lowest BCUT2D eigenvalue weighted by Gasteiger charge is -2.11. The average Bonchev–Trinajstić information content (AvgIpc) is 3.23. The van der Waals surface area contributed by atoms with Gasteiger partial charge in [-0.05, 0) is 31.4 Å². The van der Waals surface area contributed by atoms with Gasteiger partial charge in [-0.1, -0.05) is 12.1 Å². The molecule has 5 nitrogen and oxygen atoms in total. The summed E-state index contributed by atoms with van der Waals surface area (Å²) >= 11 is 1.61. The average molecular weight is 326 g/mol. The zero-order valence-corrected chi connectivity index (χ0v) is 13.4. The number of fused-ring (bicyclic) bond motifs is 1. The number of anilines is 1. The molecule has 2 unspecified atom stereocenters. The molecule has 2 atom stereocenters. The van der Waals surface area contributed by atoms with Gasteiger partial charge in [0.2, 0.25) is 5.91 Å². The van der Waals surface area contributed by atoms with E-state index in [2.05, 4.69) is 10.3 Å². The molecule has 2 heterocycles. The molecular formula is C17H18N4OS. The summed E-state index contributed by atoms with van der Waals surface area (Å²) < 4.78 is 2.01. The van der Waals surface area contributed by atoms with Crippen molar-refractivity contribution in [2.75, 3.05) is 5.32 Å². The van der Waals surface area contributed by atoms with Crippen LogP contribution in [-0.4, -0.2) is 21.3 Å². The van der Waals surface area contributed by atoms with Gasteiger partial charge in [-0.15, -0.1) is 11.3 Å². The standard InChI is InChI=1S/C17H18N4OS/c18-13-4-1-12(9-13)16(22)19-14-5-2-11(3-6-14)15-10-21-7-8-23-17(21)20-15/h2-3,5-8,10,12-13H,1,4,9,18H2,(H,19,22). The van der Waals surface area contributed by atoms with Gasteiger partial charge in [-0.2, -0.15) is 0 Å². The van der Waals surface area contributed by atoms with Crippen molar-refractivity contribution < 1.29 is 4.79 Å². The van der Waals surface area contributed by atoms with Gasteiger partial charge in [-0.3, -0.25) is 9.20 Å². The largest absolute Gasteiger partial charge is 0.328 e. The maximum absolute atomic E-state index is 12.2. The van der Waals surface area contributed by atoms with Crippen molar-refractivity contribution in [3.05, 3.63) is 42.0 Å². The molecule has 0 spiro atoms. The molecule has 1 aromatic carbocycles. The molecule has 6 heteroatoms. The molecule has 1 amide bonds. The van der Waals surface area contributed by atoms with E-state index in [0.717, 1.165) is 41.2 Å². The summed E-state index contributed by atoms with van der Waals surface area (Å²) in [7, 11) is 0. The van der Waals surface area contributed by atoms with Crippen molar-refractivity contribution in [2.24, 2.45) is 11.7 Å². The van der Waals surface area contributed by atoms with Crippen LogP contribution in [0.4, 0.5) is 5.69 Å². The minimum atomic E-state index is 0.0459. The Labute approximate surface area is 138 Å². The number of carbonyl (C=O) groups is 1. The van der Waals surface area contributed by atoms with E-state index in [4.69, 9.17) is 5.73 Å². The highest BCUT2D eigenvalue weighted by molar-refractivity contribution is 7.15. The predicted molar refractivity (Wildman–Crippen MR) is 92.5 cm³/mol. The van der Waals surface area contributed by atoms with Gasteiger partial charge >= 0.3 is 0 Å². The lowest BCUT2D eigenvalue weighted by atomic mass is 10.1. The van der Waals surface area contributed by atoms with Gasteiger partial charge in [0.1, 0.15) is 0 Å². The molecule has 23 heavy (non-hydrogen) atoms. The first-order chi connectivity index (χ1) is 11.2. The Balaban J connectivity index is 1.47. The number of imidazole rings is 1. The molecule has 1 fully saturated rings. The zero-order valence-electron chi connectivity index (χ0n) is 12.6. The number of nitrogens with one attached hydrogen (secondary N) is 1. The van der Waals surface area contributed by atoms with Crippen LogP contribution in [0.2, 0.25) is 0 Å². The highest BCUT2D eigenvalue weighted by Crippen LogP contribution is 2.26. The Hall–Kier alpha value is -2.18. The van der Waals surface area contributed by atoms with Gasteiger partial charge < -0.3 is 11.1 Å². The van der Waals surface area contributed by atoms with Gasteiger partial charge in [0.05, 0.1) is 5.69 Å². The molecule has 4 rings (SSSR count). The fourth-order valence-electron chi connectivity index (χ4n) is 3.09. The zero-order chi connectivity index (χ0) is 15.8. The second-order valence-electron chi connectivity index (χ2n) is 6.06. The fraction of sp³-hybridized carbons (Fsp3) is 0.294. The lowest BCUT2D eigenvalue weighted by molar-refractivity contribution is -0.119. The fourth-order valence-corrected chi connectivity index (χ4v) is 3.79. The SMILES string of the molecule is NC1CCC(C(=O)Nc2ccc(-c3cn4ccsc4n3)cc2)C1. The topological polar surface area (TPSA) is 72.4 Å². The van der Waals surface area contributed by atoms with Crippen molar-refractivity contribution in [1.29, 1.82) is 0 Å². The highest BCUT2D eigenvalue weighted by atomic mass is 32.1. The summed E-state index contributed by atoms with van der Waals surface area (Å²) in [6.45, 7) is 0. The summed E-state index contributed by atoms with van der Waals surface area (Å²) in [4.78, 5) is 17.8. The highest BCUT2D eigenvalue weighted by Gasteiger charge is 2.27. The number of hydrogen-bond acceptors (Lipinski definition) is 4. The van der Waals surface area contributed by atoms with E-state index in [1.807, 2.05) is 46.4 Å². The molecule has 0 bridgehead atoms. The third kappa shape index (κ3) is 2.87. The second kappa shape index (κ2) is 5.79. The van der Waals surface area contributed by atoms with E-state index in [0.29, 0.717) is 0 Å². The summed E-state index contributed by atoms with van der Waals surface area (Å²) in [5, 5.41) is 5.00. The lowest BCUT2D eigenvalue weighted by Crippen LogP contribution is -2.23. The van der Waals surface area contributed by atoms with Crippen LogP contribution in [-0.2, 0) is 4.79 Å². The number of carbonyl (C=O) groups excluding carboxylic acids is 1. The molecule has 3 aromatic rings. The minimum absolute atomic E-state index is 0.0459. The smallest absolute Gasteiger partial charge is 0.227 e. The van der Waals surface area contributed by atoms with E-state index in [1.54, 1.807) is 11.3 Å². The van der Waals surface area contributed by atoms with Gasteiger partial charge in [0, 0.05) is 41.0 Å². The molecule has 1 aliphatic carbocycles. The number of nitrogens with two attached hydrogens (primary N) is 1. The van der Waals surface area contributed by atoms with Crippen LogP contribution in [0, 0.1) is 5.92 Å². The maximum atomic E-state index is 12.2. The number of amides is 1. The van der Waals surface area contributed by atoms with E-state index in [-0.39, 0.29) is 17.9 Å². The quantitative estimate of drug-likeness (QED) is 0.776. The van der Waals surface area contributed by atoms with Gasteiger partial charge in [0.15, 0.2) is 4.96 Å². The normalized spacial score (nSPS) is 20.9. The van der Waals surface area contributed by atoms with Crippen LogP contribution in [0.3, 0.4) is 0 Å². The molecule has 1 aliphatic rings. The van der Waals surface area contributed by atoms with E-state index < -0.39 is 0 Å². The molecule has 118 valence electrons. The molecule has 0 aliphatic heterocycles. The van der Waals surface area contributed by atoms with Gasteiger partial charge in [-0.25, -0.2) is 4.98 Å². The van der Waals surface area contributed by atoms with Crippen LogP contribution in [0.5, 0.6) is 0 Å². The maximum Gasteiger partial charge on any atom is 0.227 e. The number of hydrogen-bond donors (Lipinski definition) is 2. The Bertz CT molecular complexity index is 807. The number of aromatic nitrogens is 2.